The predicted octanol–water partition coefficient (Wildman–Crippen LogP) is 3.21. The fraction of sp³-hybridized carbons (Fsp3) is 0.333. The summed E-state index contributed by atoms with van der Waals surface area (Å²) in [5.74, 6) is -1.84. The Hall–Kier alpha value is -1.83. The molecule has 3 N–H and O–H groups in total. The summed E-state index contributed by atoms with van der Waals surface area (Å²) >= 11 is 17.6. The third-order valence-electron chi connectivity index (χ3n) is 4.34. The summed E-state index contributed by atoms with van der Waals surface area (Å²) in [4.78, 5) is 23.5. The summed E-state index contributed by atoms with van der Waals surface area (Å²) < 4.78 is 4.73. The van der Waals surface area contributed by atoms with E-state index in [9.17, 15) is 19.8 Å². The second-order valence-corrected chi connectivity index (χ2v) is 7.69. The Morgan fingerprint density at radius 1 is 1.03 bits per heavy atom. The molecule has 0 spiro atoms. The number of esters is 1. The molecule has 6 nitrogen and oxygen atoms in total. The van der Waals surface area contributed by atoms with E-state index in [4.69, 9.17) is 39.5 Å². The molecule has 1 amide bonds. The van der Waals surface area contributed by atoms with Gasteiger partial charge in [-0.15, -0.1) is 11.6 Å². The first-order chi connectivity index (χ1) is 14.2. The summed E-state index contributed by atoms with van der Waals surface area (Å²) in [6.45, 7) is 1.63. The highest BCUT2D eigenvalue weighted by Crippen LogP contribution is 2.27. The predicted molar refractivity (Wildman–Crippen MR) is 117 cm³/mol. The highest BCUT2D eigenvalue weighted by molar-refractivity contribution is 6.35. The summed E-state index contributed by atoms with van der Waals surface area (Å²) in [5.41, 5.74) is 2.46. The highest BCUT2D eigenvalue weighted by atomic mass is 35.5. The molecule has 162 valence electrons. The van der Waals surface area contributed by atoms with Crippen molar-refractivity contribution in [1.82, 2.24) is 5.32 Å². The maximum atomic E-state index is 11.8. The summed E-state index contributed by atoms with van der Waals surface area (Å²) in [6.07, 6.45) is -3.24. The Morgan fingerprint density at radius 2 is 1.63 bits per heavy atom. The zero-order valence-corrected chi connectivity index (χ0v) is 18.4. The number of nitrogens with one attached hydrogen (secondary N) is 1. The lowest BCUT2D eigenvalue weighted by Gasteiger charge is -2.26. The van der Waals surface area contributed by atoms with Crippen molar-refractivity contribution in [2.45, 2.75) is 31.6 Å². The van der Waals surface area contributed by atoms with Crippen molar-refractivity contribution in [2.24, 2.45) is 0 Å². The average Bonchev–Trinajstić information content (AvgIpc) is 2.72. The van der Waals surface area contributed by atoms with Crippen LogP contribution in [-0.2, 0) is 20.7 Å². The zero-order chi connectivity index (χ0) is 22.3. The third-order valence-corrected chi connectivity index (χ3v) is 5.02. The zero-order valence-electron chi connectivity index (χ0n) is 16.1. The number of aliphatic hydroxyl groups excluding tert-OH is 2. The molecule has 3 unspecified atom stereocenters. The van der Waals surface area contributed by atoms with Crippen molar-refractivity contribution in [2.75, 3.05) is 12.5 Å². The van der Waals surface area contributed by atoms with Crippen LogP contribution in [0.4, 0.5) is 0 Å². The fourth-order valence-corrected chi connectivity index (χ4v) is 3.50. The van der Waals surface area contributed by atoms with Crippen LogP contribution >= 0.6 is 34.8 Å². The molecular formula is C21H22Cl3NO5. The number of hydrogen-bond acceptors (Lipinski definition) is 5. The van der Waals surface area contributed by atoms with Crippen molar-refractivity contribution >= 4 is 46.7 Å². The summed E-state index contributed by atoms with van der Waals surface area (Å²) in [6, 6.07) is 11.5. The standard InChI is InChI=1S/C21H22Cl3NO5/c1-2-30-21(29)20(28)19(27)17(25-18(26)11-22)7-12-3-5-13(6-4-12)14-8-15(23)10-16(24)9-14/h3-6,8-10,17,19-20,27-28H,2,7,11H2,1H3,(H,25,26). The van der Waals surface area contributed by atoms with E-state index in [2.05, 4.69) is 5.32 Å². The van der Waals surface area contributed by atoms with Crippen molar-refractivity contribution in [3.8, 4) is 11.1 Å². The number of benzene rings is 2. The van der Waals surface area contributed by atoms with Gasteiger partial charge in [0.05, 0.1) is 12.6 Å². The molecule has 2 aromatic rings. The number of carbonyl (C=O) groups is 2. The number of carbonyl (C=O) groups excluding carboxylic acids is 2. The molecule has 0 aliphatic rings. The normalized spacial score (nSPS) is 13.9. The molecule has 0 heterocycles. The van der Waals surface area contributed by atoms with Gasteiger partial charge in [-0.3, -0.25) is 4.79 Å². The maximum absolute atomic E-state index is 11.8. The molecule has 0 aromatic heterocycles. The fourth-order valence-electron chi connectivity index (χ4n) is 2.90. The molecule has 0 aliphatic carbocycles. The van der Waals surface area contributed by atoms with Gasteiger partial charge in [-0.2, -0.15) is 0 Å². The maximum Gasteiger partial charge on any atom is 0.337 e. The first kappa shape index (κ1) is 24.4. The largest absolute Gasteiger partial charge is 0.464 e. The molecule has 0 fully saturated rings. The topological polar surface area (TPSA) is 95.9 Å². The van der Waals surface area contributed by atoms with Crippen LogP contribution in [0.25, 0.3) is 11.1 Å². The van der Waals surface area contributed by atoms with Crippen LogP contribution in [0, 0.1) is 0 Å². The Labute approximate surface area is 189 Å². The molecule has 9 heteroatoms. The molecule has 30 heavy (non-hydrogen) atoms. The lowest BCUT2D eigenvalue weighted by atomic mass is 9.96. The monoisotopic (exact) mass is 473 g/mol. The molecule has 2 aromatic carbocycles. The molecule has 0 bridgehead atoms. The van der Waals surface area contributed by atoms with Gasteiger partial charge in [-0.05, 0) is 48.2 Å². The van der Waals surface area contributed by atoms with Crippen molar-refractivity contribution in [3.63, 3.8) is 0 Å². The van der Waals surface area contributed by atoms with Crippen LogP contribution in [0.2, 0.25) is 10.0 Å². The van der Waals surface area contributed by atoms with Crippen LogP contribution in [0.3, 0.4) is 0 Å². The lowest BCUT2D eigenvalue weighted by Crippen LogP contribution is -2.52. The molecule has 0 radical (unpaired) electrons. The SMILES string of the molecule is CCOC(=O)C(O)C(O)C(Cc1ccc(-c2cc(Cl)cc(Cl)c2)cc1)NC(=O)CCl. The van der Waals surface area contributed by atoms with Gasteiger partial charge in [0.25, 0.3) is 0 Å². The van der Waals surface area contributed by atoms with Crippen molar-refractivity contribution in [3.05, 3.63) is 58.1 Å². The van der Waals surface area contributed by atoms with E-state index in [0.29, 0.717) is 10.0 Å². The second kappa shape index (κ2) is 11.5. The second-order valence-electron chi connectivity index (χ2n) is 6.55. The van der Waals surface area contributed by atoms with Gasteiger partial charge in [-0.25, -0.2) is 4.79 Å². The van der Waals surface area contributed by atoms with E-state index < -0.39 is 30.1 Å². The minimum Gasteiger partial charge on any atom is -0.464 e. The van der Waals surface area contributed by atoms with Crippen LogP contribution in [-0.4, -0.2) is 52.8 Å². The van der Waals surface area contributed by atoms with Crippen molar-refractivity contribution in [1.29, 1.82) is 0 Å². The third kappa shape index (κ3) is 6.86. The highest BCUT2D eigenvalue weighted by Gasteiger charge is 2.33. The van der Waals surface area contributed by atoms with E-state index in [1.807, 2.05) is 12.1 Å². The van der Waals surface area contributed by atoms with E-state index in [-0.39, 0.29) is 18.9 Å². The quantitative estimate of drug-likeness (QED) is 0.383. The average molecular weight is 475 g/mol. The Kier molecular flexibility index (Phi) is 9.39. The minimum absolute atomic E-state index is 0.0519. The van der Waals surface area contributed by atoms with E-state index in [1.54, 1.807) is 37.3 Å². The van der Waals surface area contributed by atoms with E-state index >= 15 is 0 Å². The van der Waals surface area contributed by atoms with Crippen LogP contribution < -0.4 is 5.32 Å². The van der Waals surface area contributed by atoms with E-state index in [0.717, 1.165) is 16.7 Å². The smallest absolute Gasteiger partial charge is 0.337 e. The number of ether oxygens (including phenoxy) is 1. The molecule has 0 saturated carbocycles. The van der Waals surface area contributed by atoms with Gasteiger partial charge in [0.2, 0.25) is 5.91 Å². The van der Waals surface area contributed by atoms with Crippen LogP contribution in [0.15, 0.2) is 42.5 Å². The van der Waals surface area contributed by atoms with Gasteiger partial charge in [0, 0.05) is 10.0 Å². The Bertz CT molecular complexity index is 855. The van der Waals surface area contributed by atoms with Gasteiger partial charge < -0.3 is 20.3 Å². The lowest BCUT2D eigenvalue weighted by molar-refractivity contribution is -0.160. The minimum atomic E-state index is -1.81. The number of halogens is 3. The first-order valence-electron chi connectivity index (χ1n) is 9.18. The number of hydrogen-bond donors (Lipinski definition) is 3. The van der Waals surface area contributed by atoms with Crippen LogP contribution in [0.1, 0.15) is 12.5 Å². The number of aliphatic hydroxyl groups is 2. The molecule has 0 saturated heterocycles. The van der Waals surface area contributed by atoms with Crippen molar-refractivity contribution < 1.29 is 24.5 Å². The van der Waals surface area contributed by atoms with Gasteiger partial charge in [0.15, 0.2) is 6.10 Å². The number of amides is 1. The Morgan fingerprint density at radius 3 is 2.17 bits per heavy atom. The molecule has 3 atom stereocenters. The molecular weight excluding hydrogens is 453 g/mol. The number of alkyl halides is 1. The molecule has 2 rings (SSSR count). The van der Waals surface area contributed by atoms with Crippen LogP contribution in [0.5, 0.6) is 0 Å². The number of rotatable bonds is 9. The van der Waals surface area contributed by atoms with Gasteiger partial charge >= 0.3 is 5.97 Å². The summed E-state index contributed by atoms with van der Waals surface area (Å²) in [7, 11) is 0. The summed E-state index contributed by atoms with van der Waals surface area (Å²) in [5, 5.41) is 24.1. The Balaban J connectivity index is 2.20. The van der Waals surface area contributed by atoms with E-state index in [1.165, 1.54) is 0 Å². The molecule has 0 aliphatic heterocycles. The van der Waals surface area contributed by atoms with Gasteiger partial charge in [0.1, 0.15) is 12.0 Å². The van der Waals surface area contributed by atoms with Gasteiger partial charge in [-0.1, -0.05) is 47.5 Å². The first-order valence-corrected chi connectivity index (χ1v) is 10.5.